The van der Waals surface area contributed by atoms with Crippen LogP contribution in [0.5, 0.6) is 0 Å². The van der Waals surface area contributed by atoms with E-state index >= 15 is 0 Å². The van der Waals surface area contributed by atoms with Crippen LogP contribution in [0.1, 0.15) is 33.1 Å². The molecule has 2 heterocycles. The van der Waals surface area contributed by atoms with Crippen LogP contribution in [0, 0.1) is 5.92 Å². The molecule has 2 aliphatic rings. The lowest BCUT2D eigenvalue weighted by Crippen LogP contribution is -2.64. The molecule has 0 aromatic heterocycles. The number of aliphatic hydroxyl groups is 1. The Balaban J connectivity index is 1.81. The summed E-state index contributed by atoms with van der Waals surface area (Å²) in [6.07, 6.45) is 2.19. The van der Waals surface area contributed by atoms with Crippen molar-refractivity contribution in [3.63, 3.8) is 0 Å². The van der Waals surface area contributed by atoms with Gasteiger partial charge in [-0.05, 0) is 19.3 Å². The maximum atomic E-state index is 12.2. The first kappa shape index (κ1) is 13.3. The second-order valence-electron chi connectivity index (χ2n) is 5.55. The van der Waals surface area contributed by atoms with Crippen molar-refractivity contribution in [2.45, 2.75) is 38.7 Å². The molecule has 1 N–H and O–H groups in total. The van der Waals surface area contributed by atoms with Crippen molar-refractivity contribution in [2.75, 3.05) is 26.2 Å². The fourth-order valence-corrected chi connectivity index (χ4v) is 2.74. The summed E-state index contributed by atoms with van der Waals surface area (Å²) in [6, 6.07) is 0. The quantitative estimate of drug-likeness (QED) is 0.767. The molecule has 0 aliphatic carbocycles. The molecular formula is C13H22N2O3. The molecule has 2 amide bonds. The van der Waals surface area contributed by atoms with Crippen molar-refractivity contribution < 1.29 is 14.7 Å². The zero-order valence-corrected chi connectivity index (χ0v) is 11.2. The van der Waals surface area contributed by atoms with Gasteiger partial charge in [0.05, 0.1) is 18.7 Å². The van der Waals surface area contributed by atoms with Gasteiger partial charge in [-0.3, -0.25) is 9.59 Å². The van der Waals surface area contributed by atoms with Crippen LogP contribution in [0.25, 0.3) is 0 Å². The first-order valence-corrected chi connectivity index (χ1v) is 6.72. The number of piperidine rings is 1. The molecule has 0 saturated carbocycles. The summed E-state index contributed by atoms with van der Waals surface area (Å²) in [5.41, 5.74) is -0.657. The normalized spacial score (nSPS) is 23.7. The lowest BCUT2D eigenvalue weighted by molar-refractivity contribution is -0.161. The number of carbonyl (C=O) groups excluding carboxylic acids is 2. The van der Waals surface area contributed by atoms with Crippen LogP contribution < -0.4 is 0 Å². The van der Waals surface area contributed by atoms with Gasteiger partial charge in [0, 0.05) is 25.9 Å². The fourth-order valence-electron chi connectivity index (χ4n) is 2.74. The number of nitrogens with zero attached hydrogens (tertiary/aromatic N) is 2. The van der Waals surface area contributed by atoms with E-state index in [0.717, 1.165) is 12.8 Å². The van der Waals surface area contributed by atoms with E-state index in [0.29, 0.717) is 32.6 Å². The van der Waals surface area contributed by atoms with E-state index < -0.39 is 5.60 Å². The van der Waals surface area contributed by atoms with Gasteiger partial charge in [-0.25, -0.2) is 0 Å². The van der Waals surface area contributed by atoms with E-state index in [1.54, 1.807) is 16.7 Å². The van der Waals surface area contributed by atoms with E-state index in [9.17, 15) is 14.7 Å². The van der Waals surface area contributed by atoms with Gasteiger partial charge < -0.3 is 14.9 Å². The molecule has 5 heteroatoms. The molecule has 0 spiro atoms. The van der Waals surface area contributed by atoms with Crippen LogP contribution in [0.2, 0.25) is 0 Å². The summed E-state index contributed by atoms with van der Waals surface area (Å²) in [7, 11) is 0. The Kier molecular flexibility index (Phi) is 3.61. The van der Waals surface area contributed by atoms with Crippen LogP contribution in [0.4, 0.5) is 0 Å². The predicted molar refractivity (Wildman–Crippen MR) is 66.8 cm³/mol. The van der Waals surface area contributed by atoms with Gasteiger partial charge in [-0.2, -0.15) is 0 Å². The van der Waals surface area contributed by atoms with Crippen molar-refractivity contribution >= 4 is 11.8 Å². The number of hydrogen-bond donors (Lipinski definition) is 1. The highest BCUT2D eigenvalue weighted by atomic mass is 16.3. The highest BCUT2D eigenvalue weighted by molar-refractivity contribution is 5.80. The molecule has 0 atom stereocenters. The Morgan fingerprint density at radius 2 is 1.78 bits per heavy atom. The summed E-state index contributed by atoms with van der Waals surface area (Å²) in [5.74, 6) is 0.267. The molecule has 0 aromatic rings. The summed E-state index contributed by atoms with van der Waals surface area (Å²) >= 11 is 0. The standard InChI is InChI=1S/C13H22N2O3/c1-3-13(18)8-15(9-13)12(17)11-4-6-14(7-5-11)10(2)16/h11,18H,3-9H2,1-2H3. The minimum atomic E-state index is -0.657. The van der Waals surface area contributed by atoms with E-state index in [-0.39, 0.29) is 17.7 Å². The van der Waals surface area contributed by atoms with E-state index in [2.05, 4.69) is 0 Å². The summed E-state index contributed by atoms with van der Waals surface area (Å²) in [4.78, 5) is 26.9. The molecule has 2 rings (SSSR count). The molecule has 0 bridgehead atoms. The number of carbonyl (C=O) groups is 2. The minimum absolute atomic E-state index is 0.0296. The SMILES string of the molecule is CCC1(O)CN(C(=O)C2CCN(C(C)=O)CC2)C1. The molecule has 0 unspecified atom stereocenters. The molecule has 2 aliphatic heterocycles. The monoisotopic (exact) mass is 254 g/mol. The van der Waals surface area contributed by atoms with Crippen LogP contribution in [-0.2, 0) is 9.59 Å². The van der Waals surface area contributed by atoms with Crippen molar-refractivity contribution in [2.24, 2.45) is 5.92 Å². The van der Waals surface area contributed by atoms with Gasteiger partial charge in [-0.15, -0.1) is 0 Å². The van der Waals surface area contributed by atoms with Crippen LogP contribution in [0.15, 0.2) is 0 Å². The summed E-state index contributed by atoms with van der Waals surface area (Å²) < 4.78 is 0. The Morgan fingerprint density at radius 1 is 1.22 bits per heavy atom. The maximum Gasteiger partial charge on any atom is 0.226 e. The number of amides is 2. The van der Waals surface area contributed by atoms with Gasteiger partial charge in [0.2, 0.25) is 11.8 Å². The van der Waals surface area contributed by atoms with Crippen molar-refractivity contribution in [3.8, 4) is 0 Å². The summed E-state index contributed by atoms with van der Waals surface area (Å²) in [5, 5.41) is 9.90. The smallest absolute Gasteiger partial charge is 0.226 e. The largest absolute Gasteiger partial charge is 0.386 e. The molecule has 0 aromatic carbocycles. The third-order valence-corrected chi connectivity index (χ3v) is 4.23. The molecule has 5 nitrogen and oxygen atoms in total. The molecule has 0 radical (unpaired) electrons. The third-order valence-electron chi connectivity index (χ3n) is 4.23. The topological polar surface area (TPSA) is 60.9 Å². The van der Waals surface area contributed by atoms with Crippen LogP contribution in [-0.4, -0.2) is 58.5 Å². The third kappa shape index (κ3) is 2.51. The first-order chi connectivity index (χ1) is 8.45. The summed E-state index contributed by atoms with van der Waals surface area (Å²) in [6.45, 7) is 5.80. The van der Waals surface area contributed by atoms with Gasteiger partial charge in [0.15, 0.2) is 0 Å². The highest BCUT2D eigenvalue weighted by Crippen LogP contribution is 2.28. The zero-order chi connectivity index (χ0) is 13.3. The molecule has 102 valence electrons. The molecule has 2 saturated heterocycles. The second-order valence-corrected chi connectivity index (χ2v) is 5.55. The van der Waals surface area contributed by atoms with Crippen molar-refractivity contribution in [1.82, 2.24) is 9.80 Å². The minimum Gasteiger partial charge on any atom is -0.386 e. The Labute approximate surface area is 108 Å². The molecule has 18 heavy (non-hydrogen) atoms. The molecule has 2 fully saturated rings. The van der Waals surface area contributed by atoms with E-state index in [4.69, 9.17) is 0 Å². The first-order valence-electron chi connectivity index (χ1n) is 6.72. The van der Waals surface area contributed by atoms with Crippen molar-refractivity contribution in [1.29, 1.82) is 0 Å². The second kappa shape index (κ2) is 4.88. The van der Waals surface area contributed by atoms with E-state index in [1.165, 1.54) is 0 Å². The van der Waals surface area contributed by atoms with Crippen LogP contribution in [0.3, 0.4) is 0 Å². The predicted octanol–water partition coefficient (Wildman–Crippen LogP) is 0.228. The van der Waals surface area contributed by atoms with Gasteiger partial charge in [-0.1, -0.05) is 6.92 Å². The van der Waals surface area contributed by atoms with Gasteiger partial charge in [0.25, 0.3) is 0 Å². The van der Waals surface area contributed by atoms with Gasteiger partial charge in [0.1, 0.15) is 0 Å². The Bertz CT molecular complexity index is 342. The van der Waals surface area contributed by atoms with Gasteiger partial charge >= 0.3 is 0 Å². The highest BCUT2D eigenvalue weighted by Gasteiger charge is 2.44. The average molecular weight is 254 g/mol. The maximum absolute atomic E-state index is 12.2. The van der Waals surface area contributed by atoms with Crippen molar-refractivity contribution in [3.05, 3.63) is 0 Å². The Morgan fingerprint density at radius 3 is 2.22 bits per heavy atom. The molecular weight excluding hydrogens is 232 g/mol. The Hall–Kier alpha value is -1.10. The lowest BCUT2D eigenvalue weighted by Gasteiger charge is -2.48. The lowest BCUT2D eigenvalue weighted by atomic mass is 9.87. The van der Waals surface area contributed by atoms with E-state index in [1.807, 2.05) is 6.92 Å². The average Bonchev–Trinajstić information content (AvgIpc) is 2.34. The number of likely N-dealkylation sites (tertiary alicyclic amines) is 2. The van der Waals surface area contributed by atoms with Crippen LogP contribution >= 0.6 is 0 Å². The fraction of sp³-hybridized carbons (Fsp3) is 0.846. The number of rotatable bonds is 2. The number of β-amino-alcohol motifs (C(OH)–C–C–N with tert-alkyl or cyclic N) is 1. The number of hydrogen-bond acceptors (Lipinski definition) is 3. The zero-order valence-electron chi connectivity index (χ0n) is 11.2.